The van der Waals surface area contributed by atoms with E-state index < -0.39 is 0 Å². The van der Waals surface area contributed by atoms with Crippen LogP contribution in [0.25, 0.3) is 11.3 Å². The fourth-order valence-electron chi connectivity index (χ4n) is 3.91. The lowest BCUT2D eigenvalue weighted by molar-refractivity contribution is 0.171. The van der Waals surface area contributed by atoms with Crippen molar-refractivity contribution in [3.8, 4) is 22.8 Å². The van der Waals surface area contributed by atoms with E-state index in [-0.39, 0.29) is 6.04 Å². The van der Waals surface area contributed by atoms with Gasteiger partial charge in [-0.3, -0.25) is 4.68 Å². The number of hydrogen-bond donors (Lipinski definition) is 1. The fraction of sp³-hybridized carbons (Fsp3) is 0.250. The Morgan fingerprint density at radius 2 is 1.90 bits per heavy atom. The average molecular weight is 415 g/mol. The SMILES string of the molecule is Cn1cc(CN[C@H](Cn2ccnc2)c2ccccc2)c(-c2ccc3c(c2)OCCO3)n1. The lowest BCUT2D eigenvalue weighted by Crippen LogP contribution is -2.25. The van der Waals surface area contributed by atoms with Gasteiger partial charge in [-0.2, -0.15) is 5.10 Å². The second-order valence-corrected chi connectivity index (χ2v) is 7.64. The van der Waals surface area contributed by atoms with Gasteiger partial charge in [0, 0.05) is 49.9 Å². The molecule has 0 spiro atoms. The molecule has 31 heavy (non-hydrogen) atoms. The van der Waals surface area contributed by atoms with Gasteiger partial charge in [-0.25, -0.2) is 4.98 Å². The molecule has 0 bridgehead atoms. The van der Waals surface area contributed by atoms with Crippen LogP contribution in [0.2, 0.25) is 0 Å². The molecule has 158 valence electrons. The van der Waals surface area contributed by atoms with Gasteiger partial charge in [-0.1, -0.05) is 30.3 Å². The highest BCUT2D eigenvalue weighted by atomic mass is 16.6. The van der Waals surface area contributed by atoms with Crippen LogP contribution in [0.15, 0.2) is 73.4 Å². The van der Waals surface area contributed by atoms with Gasteiger partial charge in [0.05, 0.1) is 18.1 Å². The first-order valence-corrected chi connectivity index (χ1v) is 10.4. The van der Waals surface area contributed by atoms with Crippen LogP contribution in [-0.4, -0.2) is 32.5 Å². The van der Waals surface area contributed by atoms with Gasteiger partial charge >= 0.3 is 0 Å². The van der Waals surface area contributed by atoms with Crippen LogP contribution < -0.4 is 14.8 Å². The normalized spacial score (nSPS) is 13.8. The zero-order valence-electron chi connectivity index (χ0n) is 17.4. The van der Waals surface area contributed by atoms with Gasteiger partial charge in [0.25, 0.3) is 0 Å². The quantitative estimate of drug-likeness (QED) is 0.500. The minimum atomic E-state index is 0.142. The molecule has 2 aromatic heterocycles. The second-order valence-electron chi connectivity index (χ2n) is 7.64. The van der Waals surface area contributed by atoms with Crippen molar-refractivity contribution < 1.29 is 9.47 Å². The van der Waals surface area contributed by atoms with Crippen molar-refractivity contribution in [1.82, 2.24) is 24.6 Å². The van der Waals surface area contributed by atoms with Gasteiger partial charge < -0.3 is 19.4 Å². The summed E-state index contributed by atoms with van der Waals surface area (Å²) in [6.45, 7) is 2.64. The van der Waals surface area contributed by atoms with E-state index in [0.717, 1.165) is 34.9 Å². The summed E-state index contributed by atoms with van der Waals surface area (Å²) in [5, 5.41) is 8.44. The maximum atomic E-state index is 5.76. The topological polar surface area (TPSA) is 66.1 Å². The van der Waals surface area contributed by atoms with E-state index in [0.29, 0.717) is 19.8 Å². The van der Waals surface area contributed by atoms with Crippen molar-refractivity contribution in [2.75, 3.05) is 13.2 Å². The van der Waals surface area contributed by atoms with Gasteiger partial charge in [0.2, 0.25) is 0 Å². The molecular weight excluding hydrogens is 390 g/mol. The number of benzene rings is 2. The predicted octanol–water partition coefficient (Wildman–Crippen LogP) is 3.59. The van der Waals surface area contributed by atoms with Crippen LogP contribution in [0, 0.1) is 0 Å². The van der Waals surface area contributed by atoms with Crippen LogP contribution in [0.1, 0.15) is 17.2 Å². The number of aromatic nitrogens is 4. The summed E-state index contributed by atoms with van der Waals surface area (Å²) in [7, 11) is 1.95. The van der Waals surface area contributed by atoms with Gasteiger partial charge in [-0.15, -0.1) is 0 Å². The molecule has 4 aromatic rings. The number of imidazole rings is 1. The van der Waals surface area contributed by atoms with E-state index in [1.54, 1.807) is 0 Å². The number of ether oxygens (including phenoxy) is 2. The zero-order valence-corrected chi connectivity index (χ0v) is 17.4. The first-order valence-electron chi connectivity index (χ1n) is 10.4. The second kappa shape index (κ2) is 8.65. The molecule has 7 heteroatoms. The summed E-state index contributed by atoms with van der Waals surface area (Å²) in [6.07, 6.45) is 7.71. The summed E-state index contributed by atoms with van der Waals surface area (Å²) in [4.78, 5) is 4.18. The van der Waals surface area contributed by atoms with E-state index in [1.165, 1.54) is 5.56 Å². The number of nitrogens with one attached hydrogen (secondary N) is 1. The van der Waals surface area contributed by atoms with E-state index in [1.807, 2.05) is 54.7 Å². The molecule has 0 saturated carbocycles. The standard InChI is InChI=1S/C24H25N5O2/c1-28-15-20(24(27-28)19-7-8-22-23(13-19)31-12-11-30-22)14-26-21(16-29-10-9-25-17-29)18-5-3-2-4-6-18/h2-10,13,15,17,21,26H,11-12,14,16H2,1H3/t21-/m1/s1. The van der Waals surface area contributed by atoms with Crippen molar-refractivity contribution in [1.29, 1.82) is 0 Å². The first kappa shape index (κ1) is 19.4. The lowest BCUT2D eigenvalue weighted by atomic mass is 10.0. The minimum Gasteiger partial charge on any atom is -0.486 e. The predicted molar refractivity (Wildman–Crippen MR) is 118 cm³/mol. The third kappa shape index (κ3) is 4.32. The molecule has 2 aromatic carbocycles. The zero-order chi connectivity index (χ0) is 21.0. The Morgan fingerprint density at radius 3 is 2.71 bits per heavy atom. The Kier molecular flexibility index (Phi) is 5.41. The monoisotopic (exact) mass is 415 g/mol. The van der Waals surface area contributed by atoms with E-state index in [9.17, 15) is 0 Å². The molecule has 0 fully saturated rings. The van der Waals surface area contributed by atoms with Crippen molar-refractivity contribution in [3.63, 3.8) is 0 Å². The van der Waals surface area contributed by atoms with Crippen LogP contribution in [0.4, 0.5) is 0 Å². The van der Waals surface area contributed by atoms with Crippen LogP contribution in [0.3, 0.4) is 0 Å². The summed E-state index contributed by atoms with van der Waals surface area (Å²) in [5.74, 6) is 1.56. The fourth-order valence-corrected chi connectivity index (χ4v) is 3.91. The number of rotatable bonds is 7. The highest BCUT2D eigenvalue weighted by Crippen LogP contribution is 2.35. The minimum absolute atomic E-state index is 0.142. The molecule has 0 amide bonds. The largest absolute Gasteiger partial charge is 0.486 e. The third-order valence-electron chi connectivity index (χ3n) is 5.41. The Morgan fingerprint density at radius 1 is 1.06 bits per heavy atom. The molecule has 1 aliphatic rings. The molecule has 0 radical (unpaired) electrons. The Hall–Kier alpha value is -3.58. The molecule has 1 aliphatic heterocycles. The van der Waals surface area contributed by atoms with E-state index in [2.05, 4.69) is 45.3 Å². The number of hydrogen-bond acceptors (Lipinski definition) is 5. The van der Waals surface area contributed by atoms with Gasteiger partial charge in [0.15, 0.2) is 11.5 Å². The van der Waals surface area contributed by atoms with Crippen molar-refractivity contribution in [2.24, 2.45) is 7.05 Å². The van der Waals surface area contributed by atoms with Crippen molar-refractivity contribution >= 4 is 0 Å². The molecular formula is C24H25N5O2. The Labute approximate surface area is 181 Å². The molecule has 1 N–H and O–H groups in total. The molecule has 5 rings (SSSR count). The summed E-state index contributed by atoms with van der Waals surface area (Å²) < 4.78 is 15.4. The third-order valence-corrected chi connectivity index (χ3v) is 5.41. The number of nitrogens with zero attached hydrogens (tertiary/aromatic N) is 4. The first-order chi connectivity index (χ1) is 15.3. The van der Waals surface area contributed by atoms with Crippen LogP contribution >= 0.6 is 0 Å². The summed E-state index contributed by atoms with van der Waals surface area (Å²) in [5.41, 5.74) is 4.33. The smallest absolute Gasteiger partial charge is 0.162 e. The highest BCUT2D eigenvalue weighted by molar-refractivity contribution is 5.66. The highest BCUT2D eigenvalue weighted by Gasteiger charge is 2.18. The molecule has 0 aliphatic carbocycles. The summed E-state index contributed by atoms with van der Waals surface area (Å²) in [6, 6.07) is 16.6. The maximum absolute atomic E-state index is 5.76. The Balaban J connectivity index is 1.39. The lowest BCUT2D eigenvalue weighted by Gasteiger charge is -2.20. The molecule has 7 nitrogen and oxygen atoms in total. The molecule has 0 saturated heterocycles. The van der Waals surface area contributed by atoms with Crippen LogP contribution in [0.5, 0.6) is 11.5 Å². The van der Waals surface area contributed by atoms with Gasteiger partial charge in [-0.05, 0) is 23.8 Å². The van der Waals surface area contributed by atoms with E-state index in [4.69, 9.17) is 14.6 Å². The summed E-state index contributed by atoms with van der Waals surface area (Å²) >= 11 is 0. The number of fused-ring (bicyclic) bond motifs is 1. The molecule has 3 heterocycles. The molecule has 1 atom stereocenters. The average Bonchev–Trinajstić information content (AvgIpc) is 3.46. The maximum Gasteiger partial charge on any atom is 0.162 e. The van der Waals surface area contributed by atoms with Crippen LogP contribution in [-0.2, 0) is 20.1 Å². The van der Waals surface area contributed by atoms with E-state index >= 15 is 0 Å². The van der Waals surface area contributed by atoms with Gasteiger partial charge in [0.1, 0.15) is 13.2 Å². The molecule has 0 unspecified atom stereocenters. The Bertz CT molecular complexity index is 1140. The number of aryl methyl sites for hydroxylation is 1. The van der Waals surface area contributed by atoms with Crippen molar-refractivity contribution in [2.45, 2.75) is 19.1 Å². The van der Waals surface area contributed by atoms with Crippen molar-refractivity contribution in [3.05, 3.63) is 84.6 Å².